The fourth-order valence-electron chi connectivity index (χ4n) is 7.24. The summed E-state index contributed by atoms with van der Waals surface area (Å²) in [5, 5.41) is 11.9. The van der Waals surface area contributed by atoms with Crippen LogP contribution in [0.5, 0.6) is 5.75 Å². The summed E-state index contributed by atoms with van der Waals surface area (Å²) < 4.78 is 23.5. The first kappa shape index (κ1) is 24.6. The molecule has 0 radical (unpaired) electrons. The van der Waals surface area contributed by atoms with Gasteiger partial charge in [-0.25, -0.2) is 9.37 Å². The fourth-order valence-corrected chi connectivity index (χ4v) is 7.24. The Labute approximate surface area is 237 Å². The summed E-state index contributed by atoms with van der Waals surface area (Å²) in [4.78, 5) is 20.5. The van der Waals surface area contributed by atoms with Gasteiger partial charge in [0, 0.05) is 46.6 Å². The Morgan fingerprint density at radius 2 is 1.95 bits per heavy atom. The van der Waals surface area contributed by atoms with Gasteiger partial charge in [-0.2, -0.15) is 0 Å². The zero-order chi connectivity index (χ0) is 28.0. The van der Waals surface area contributed by atoms with Crippen molar-refractivity contribution in [2.75, 3.05) is 6.54 Å². The molecule has 41 heavy (non-hydrogen) atoms. The second kappa shape index (κ2) is 8.93. The van der Waals surface area contributed by atoms with Gasteiger partial charge in [0.05, 0.1) is 11.4 Å². The number of aromatic nitrogens is 2. The van der Waals surface area contributed by atoms with Crippen LogP contribution in [0.3, 0.4) is 0 Å². The number of pyridine rings is 1. The summed E-state index contributed by atoms with van der Waals surface area (Å²) in [5.74, 6) is 1.57. The number of benzene rings is 2. The molecule has 6 nitrogen and oxygen atoms in total. The van der Waals surface area contributed by atoms with Crippen molar-refractivity contribution in [1.29, 1.82) is 0 Å². The molecule has 3 aromatic heterocycles. The van der Waals surface area contributed by atoms with Crippen molar-refractivity contribution < 1.29 is 18.7 Å². The van der Waals surface area contributed by atoms with Crippen LogP contribution < -0.4 is 0 Å². The average Bonchev–Trinajstić information content (AvgIpc) is 3.39. The van der Waals surface area contributed by atoms with Crippen molar-refractivity contribution in [2.45, 2.75) is 52.1 Å². The Bertz CT molecular complexity index is 1870. The van der Waals surface area contributed by atoms with E-state index in [4.69, 9.17) is 9.40 Å². The van der Waals surface area contributed by atoms with E-state index >= 15 is 0 Å². The van der Waals surface area contributed by atoms with Crippen LogP contribution in [-0.2, 0) is 6.54 Å². The zero-order valence-electron chi connectivity index (χ0n) is 23.2. The largest absolute Gasteiger partial charge is 0.505 e. The van der Waals surface area contributed by atoms with Crippen LogP contribution >= 0.6 is 0 Å². The Hall–Kier alpha value is -4.13. The molecule has 3 fully saturated rings. The summed E-state index contributed by atoms with van der Waals surface area (Å²) in [6, 6.07) is 16.6. The number of carbonyl (C=O) groups excluding carboxylic acids is 1. The van der Waals surface area contributed by atoms with Gasteiger partial charge in [-0.15, -0.1) is 0 Å². The summed E-state index contributed by atoms with van der Waals surface area (Å²) >= 11 is 0. The van der Waals surface area contributed by atoms with Crippen LogP contribution in [0.25, 0.3) is 44.7 Å². The van der Waals surface area contributed by atoms with Gasteiger partial charge < -0.3 is 19.0 Å². The molecule has 2 bridgehead atoms. The van der Waals surface area contributed by atoms with Gasteiger partial charge in [-0.3, -0.25) is 4.79 Å². The Kier molecular flexibility index (Phi) is 5.37. The highest BCUT2D eigenvalue weighted by molar-refractivity contribution is 6.00. The topological polar surface area (TPSA) is 71.5 Å². The van der Waals surface area contributed by atoms with Crippen LogP contribution in [0.1, 0.15) is 48.5 Å². The molecule has 3 aliphatic rings. The van der Waals surface area contributed by atoms with E-state index in [0.29, 0.717) is 40.6 Å². The number of rotatable bonds is 5. The first-order chi connectivity index (χ1) is 19.9. The molecule has 1 aliphatic heterocycles. The number of hydrogen-bond acceptors (Lipinski definition) is 4. The van der Waals surface area contributed by atoms with Gasteiger partial charge in [0.15, 0.2) is 17.3 Å². The second-order valence-electron chi connectivity index (χ2n) is 12.3. The van der Waals surface area contributed by atoms with E-state index in [-0.39, 0.29) is 17.2 Å². The number of piperidine rings is 1. The van der Waals surface area contributed by atoms with E-state index in [2.05, 4.69) is 29.4 Å². The van der Waals surface area contributed by atoms with Crippen molar-refractivity contribution in [3.05, 3.63) is 71.5 Å². The number of likely N-dealkylation sites (tertiary alicyclic amines) is 1. The summed E-state index contributed by atoms with van der Waals surface area (Å²) in [7, 11) is 0. The predicted molar refractivity (Wildman–Crippen MR) is 156 cm³/mol. The Morgan fingerprint density at radius 1 is 1.10 bits per heavy atom. The van der Waals surface area contributed by atoms with Gasteiger partial charge >= 0.3 is 0 Å². The van der Waals surface area contributed by atoms with E-state index in [9.17, 15) is 14.3 Å². The molecule has 3 atom stereocenters. The number of aryl methyl sites for hydroxylation is 1. The fraction of sp³-hybridized carbons (Fsp3) is 0.353. The highest BCUT2D eigenvalue weighted by Gasteiger charge is 2.46. The third kappa shape index (κ3) is 3.81. The lowest BCUT2D eigenvalue weighted by molar-refractivity contribution is 0.0696. The van der Waals surface area contributed by atoms with Crippen LogP contribution in [0.2, 0.25) is 0 Å². The van der Waals surface area contributed by atoms with E-state index < -0.39 is 5.82 Å². The quantitative estimate of drug-likeness (QED) is 0.246. The van der Waals surface area contributed by atoms with Crippen LogP contribution in [0.15, 0.2) is 59.0 Å². The maximum atomic E-state index is 14.8. The minimum absolute atomic E-state index is 0.0975. The normalized spacial score (nSPS) is 21.9. The van der Waals surface area contributed by atoms with Gasteiger partial charge in [-0.1, -0.05) is 19.1 Å². The number of carbonyl (C=O) groups is 1. The first-order valence-corrected chi connectivity index (χ1v) is 14.7. The lowest BCUT2D eigenvalue weighted by Gasteiger charge is -2.27. The first-order valence-electron chi connectivity index (χ1n) is 14.7. The highest BCUT2D eigenvalue weighted by atomic mass is 19.1. The number of phenols is 1. The molecule has 4 heterocycles. The lowest BCUT2D eigenvalue weighted by Crippen LogP contribution is -2.38. The smallest absolute Gasteiger partial charge is 0.254 e. The number of hydrogen-bond donors (Lipinski definition) is 1. The molecule has 1 amide bonds. The maximum absolute atomic E-state index is 14.8. The number of phenolic OH excluding ortho intramolecular Hbond substituents is 1. The van der Waals surface area contributed by atoms with Gasteiger partial charge in [0.1, 0.15) is 11.2 Å². The lowest BCUT2D eigenvalue weighted by atomic mass is 10.0. The van der Waals surface area contributed by atoms with E-state index in [1.807, 2.05) is 24.3 Å². The molecule has 208 valence electrons. The highest BCUT2D eigenvalue weighted by Crippen LogP contribution is 2.44. The van der Waals surface area contributed by atoms with Crippen LogP contribution in [-0.4, -0.2) is 38.1 Å². The number of nitrogens with zero attached hydrogens (tertiary/aromatic N) is 3. The molecular formula is C34H32FN3O3. The molecular weight excluding hydrogens is 517 g/mol. The van der Waals surface area contributed by atoms with E-state index in [1.165, 1.54) is 25.3 Å². The average molecular weight is 550 g/mol. The number of amides is 1. The number of furan rings is 1. The number of aromatic hydroxyl groups is 1. The van der Waals surface area contributed by atoms with E-state index in [0.717, 1.165) is 52.9 Å². The molecule has 1 saturated heterocycles. The standard InChI is InChI=1S/C34H32FN3O3/c1-18-23-10-13-27(18)38(17-23)34(40)22-8-11-24-19(2)32(41-30(24)15-22)28-14-21-9-12-26(25-4-3-5-29(39)31(25)35)36-33(21)37(28)16-20-6-7-20/h3-5,8-9,11-12,14-15,18,20,23,27,39H,6-7,10,13,16-17H2,1-2H3/t18-,23?,27?/m1/s1. The summed E-state index contributed by atoms with van der Waals surface area (Å²) in [6.07, 6.45) is 4.66. The van der Waals surface area contributed by atoms with Crippen molar-refractivity contribution in [3.8, 4) is 28.5 Å². The summed E-state index contributed by atoms with van der Waals surface area (Å²) in [5.41, 5.74) is 4.84. The minimum Gasteiger partial charge on any atom is -0.505 e. The molecule has 2 saturated carbocycles. The zero-order valence-corrected chi connectivity index (χ0v) is 23.2. The van der Waals surface area contributed by atoms with Crippen molar-refractivity contribution in [2.24, 2.45) is 17.8 Å². The minimum atomic E-state index is -0.672. The summed E-state index contributed by atoms with van der Waals surface area (Å²) in [6.45, 7) is 5.99. The molecule has 2 aliphatic carbocycles. The van der Waals surface area contributed by atoms with Crippen LogP contribution in [0.4, 0.5) is 4.39 Å². The molecule has 8 rings (SSSR count). The predicted octanol–water partition coefficient (Wildman–Crippen LogP) is 7.55. The number of fused-ring (bicyclic) bond motifs is 4. The SMILES string of the molecule is Cc1c(-c2cc3ccc(-c4cccc(O)c4F)nc3n2CC2CC2)oc2cc(C(=O)N3CC4CCC3[C@@H]4C)ccc12. The van der Waals surface area contributed by atoms with E-state index in [1.54, 1.807) is 18.2 Å². The third-order valence-corrected chi connectivity index (χ3v) is 9.83. The second-order valence-corrected chi connectivity index (χ2v) is 12.3. The molecule has 5 aromatic rings. The van der Waals surface area contributed by atoms with Gasteiger partial charge in [-0.05, 0) is 92.8 Å². The molecule has 2 aromatic carbocycles. The molecule has 2 unspecified atom stereocenters. The maximum Gasteiger partial charge on any atom is 0.254 e. The Balaban J connectivity index is 1.21. The van der Waals surface area contributed by atoms with Crippen molar-refractivity contribution >= 4 is 27.9 Å². The van der Waals surface area contributed by atoms with Gasteiger partial charge in [0.25, 0.3) is 5.91 Å². The van der Waals surface area contributed by atoms with Crippen molar-refractivity contribution in [3.63, 3.8) is 0 Å². The monoisotopic (exact) mass is 549 g/mol. The molecule has 7 heteroatoms. The molecule has 1 N–H and O–H groups in total. The molecule has 0 spiro atoms. The van der Waals surface area contributed by atoms with Crippen molar-refractivity contribution in [1.82, 2.24) is 14.5 Å². The Morgan fingerprint density at radius 3 is 2.71 bits per heavy atom. The number of halogens is 1. The van der Waals surface area contributed by atoms with Crippen LogP contribution in [0, 0.1) is 30.5 Å². The third-order valence-electron chi connectivity index (χ3n) is 9.83. The van der Waals surface area contributed by atoms with Gasteiger partial charge in [0.2, 0.25) is 0 Å².